The molecule has 1 fully saturated rings. The van der Waals surface area contributed by atoms with Crippen molar-refractivity contribution in [2.75, 3.05) is 47.1 Å². The Morgan fingerprint density at radius 1 is 1.21 bits per heavy atom. The van der Waals surface area contributed by atoms with E-state index in [2.05, 4.69) is 17.1 Å². The fraction of sp³-hybridized carbons (Fsp3) is 0.667. The van der Waals surface area contributed by atoms with Gasteiger partial charge in [0, 0.05) is 52.6 Å². The van der Waals surface area contributed by atoms with Crippen LogP contribution in [0.4, 0.5) is 4.39 Å². The SMILES string of the molecule is CCNC(=NCc1ccc(F)c(COC)c1)N1CCC(OCCCOC)CC1.I. The van der Waals surface area contributed by atoms with E-state index >= 15 is 0 Å². The van der Waals surface area contributed by atoms with Crippen LogP contribution in [0.1, 0.15) is 37.3 Å². The average molecular weight is 523 g/mol. The minimum Gasteiger partial charge on any atom is -0.385 e. The molecule has 8 heteroatoms. The quantitative estimate of drug-likeness (QED) is 0.220. The number of rotatable bonds is 10. The van der Waals surface area contributed by atoms with Crippen LogP contribution in [0.5, 0.6) is 0 Å². The van der Waals surface area contributed by atoms with Gasteiger partial charge < -0.3 is 24.4 Å². The maximum absolute atomic E-state index is 13.8. The zero-order valence-electron chi connectivity index (χ0n) is 17.8. The summed E-state index contributed by atoms with van der Waals surface area (Å²) < 4.78 is 29.8. The van der Waals surface area contributed by atoms with E-state index in [4.69, 9.17) is 19.2 Å². The van der Waals surface area contributed by atoms with Crippen LogP contribution in [-0.4, -0.2) is 64.0 Å². The molecule has 1 aromatic rings. The van der Waals surface area contributed by atoms with Gasteiger partial charge in [0.15, 0.2) is 5.96 Å². The highest BCUT2D eigenvalue weighted by Crippen LogP contribution is 2.16. The standard InChI is InChI=1S/C21H34FN3O3.HI/c1-4-23-21(24-15-17-6-7-20(22)18(14-17)16-27-3)25-10-8-19(9-11-25)28-13-5-12-26-2;/h6-7,14,19H,4-5,8-13,15-16H2,1-3H3,(H,23,24);1H. The molecule has 0 bridgehead atoms. The summed E-state index contributed by atoms with van der Waals surface area (Å²) in [6.45, 7) is 6.97. The van der Waals surface area contributed by atoms with Gasteiger partial charge in [-0.3, -0.25) is 0 Å². The van der Waals surface area contributed by atoms with E-state index in [0.29, 0.717) is 18.2 Å². The number of hydrogen-bond donors (Lipinski definition) is 1. The molecule has 0 aliphatic carbocycles. The van der Waals surface area contributed by atoms with Crippen molar-refractivity contribution in [3.05, 3.63) is 35.1 Å². The van der Waals surface area contributed by atoms with E-state index in [1.807, 2.05) is 6.07 Å². The van der Waals surface area contributed by atoms with Gasteiger partial charge in [0.05, 0.1) is 19.3 Å². The third-order valence-electron chi connectivity index (χ3n) is 4.74. The Morgan fingerprint density at radius 3 is 2.62 bits per heavy atom. The number of nitrogens with zero attached hydrogens (tertiary/aromatic N) is 2. The van der Waals surface area contributed by atoms with E-state index < -0.39 is 0 Å². The summed E-state index contributed by atoms with van der Waals surface area (Å²) in [5, 5.41) is 3.37. The first-order valence-corrected chi connectivity index (χ1v) is 10.1. The Kier molecular flexibility index (Phi) is 13.4. The fourth-order valence-corrected chi connectivity index (χ4v) is 3.27. The highest BCUT2D eigenvalue weighted by atomic mass is 127. The summed E-state index contributed by atoms with van der Waals surface area (Å²) in [7, 11) is 3.28. The predicted molar refractivity (Wildman–Crippen MR) is 124 cm³/mol. The first kappa shape index (κ1) is 26.1. The highest BCUT2D eigenvalue weighted by Gasteiger charge is 2.21. The molecule has 2 rings (SSSR count). The molecule has 0 spiro atoms. The second kappa shape index (κ2) is 14.9. The zero-order valence-corrected chi connectivity index (χ0v) is 20.1. The minimum absolute atomic E-state index is 0. The molecule has 0 saturated carbocycles. The molecule has 1 heterocycles. The van der Waals surface area contributed by atoms with Crippen molar-refractivity contribution in [1.29, 1.82) is 0 Å². The van der Waals surface area contributed by atoms with E-state index in [0.717, 1.165) is 63.6 Å². The van der Waals surface area contributed by atoms with Gasteiger partial charge in [0.1, 0.15) is 5.82 Å². The molecular formula is C21H35FIN3O3. The van der Waals surface area contributed by atoms with Gasteiger partial charge in [-0.2, -0.15) is 0 Å². The van der Waals surface area contributed by atoms with Crippen molar-refractivity contribution in [2.24, 2.45) is 4.99 Å². The summed E-state index contributed by atoms with van der Waals surface area (Å²) in [4.78, 5) is 7.04. The Labute approximate surface area is 191 Å². The Balaban J connectivity index is 0.00000420. The van der Waals surface area contributed by atoms with Crippen LogP contribution >= 0.6 is 24.0 Å². The lowest BCUT2D eigenvalue weighted by Gasteiger charge is -2.34. The maximum Gasteiger partial charge on any atom is 0.194 e. The summed E-state index contributed by atoms with van der Waals surface area (Å²) in [5.74, 6) is 0.659. The van der Waals surface area contributed by atoms with Gasteiger partial charge in [-0.25, -0.2) is 9.38 Å². The summed E-state index contributed by atoms with van der Waals surface area (Å²) in [6, 6.07) is 5.09. The molecular weight excluding hydrogens is 488 g/mol. The van der Waals surface area contributed by atoms with E-state index in [1.165, 1.54) is 6.07 Å². The summed E-state index contributed by atoms with van der Waals surface area (Å²) in [5.41, 5.74) is 1.53. The summed E-state index contributed by atoms with van der Waals surface area (Å²) >= 11 is 0. The van der Waals surface area contributed by atoms with Crippen LogP contribution in [-0.2, 0) is 27.4 Å². The molecule has 29 heavy (non-hydrogen) atoms. The van der Waals surface area contributed by atoms with Gasteiger partial charge in [0.25, 0.3) is 0 Å². The summed E-state index contributed by atoms with van der Waals surface area (Å²) in [6.07, 6.45) is 3.23. The first-order valence-electron chi connectivity index (χ1n) is 10.1. The average Bonchev–Trinajstić information content (AvgIpc) is 2.71. The van der Waals surface area contributed by atoms with Gasteiger partial charge >= 0.3 is 0 Å². The molecule has 166 valence electrons. The lowest BCUT2D eigenvalue weighted by molar-refractivity contribution is 0.00990. The van der Waals surface area contributed by atoms with Crippen molar-refractivity contribution in [1.82, 2.24) is 10.2 Å². The van der Waals surface area contributed by atoms with Gasteiger partial charge in [-0.15, -0.1) is 24.0 Å². The normalized spacial score (nSPS) is 15.3. The number of ether oxygens (including phenoxy) is 3. The Bertz CT molecular complexity index is 611. The van der Waals surface area contributed by atoms with E-state index in [1.54, 1.807) is 20.3 Å². The van der Waals surface area contributed by atoms with Crippen LogP contribution in [0.25, 0.3) is 0 Å². The lowest BCUT2D eigenvalue weighted by atomic mass is 10.1. The van der Waals surface area contributed by atoms with Crippen molar-refractivity contribution in [3.63, 3.8) is 0 Å². The number of piperidine rings is 1. The number of nitrogens with one attached hydrogen (secondary N) is 1. The maximum atomic E-state index is 13.8. The largest absolute Gasteiger partial charge is 0.385 e. The number of halogens is 2. The molecule has 0 unspecified atom stereocenters. The molecule has 1 aliphatic heterocycles. The monoisotopic (exact) mass is 523 g/mol. The molecule has 1 N–H and O–H groups in total. The van der Waals surface area contributed by atoms with Crippen molar-refractivity contribution >= 4 is 29.9 Å². The number of likely N-dealkylation sites (tertiary alicyclic amines) is 1. The molecule has 6 nitrogen and oxygen atoms in total. The van der Waals surface area contributed by atoms with Crippen LogP contribution in [0.2, 0.25) is 0 Å². The third kappa shape index (κ3) is 9.15. The van der Waals surface area contributed by atoms with Crippen LogP contribution in [0, 0.1) is 5.82 Å². The molecule has 0 amide bonds. The number of benzene rings is 1. The lowest BCUT2D eigenvalue weighted by Crippen LogP contribution is -2.47. The predicted octanol–water partition coefficient (Wildman–Crippen LogP) is 3.57. The molecule has 0 aromatic heterocycles. The Morgan fingerprint density at radius 2 is 1.97 bits per heavy atom. The minimum atomic E-state index is -0.242. The number of methoxy groups -OCH3 is 2. The highest BCUT2D eigenvalue weighted by molar-refractivity contribution is 14.0. The van der Waals surface area contributed by atoms with Gasteiger partial charge in [-0.05, 0) is 43.9 Å². The van der Waals surface area contributed by atoms with Crippen molar-refractivity contribution in [2.45, 2.75) is 45.4 Å². The zero-order chi connectivity index (χ0) is 20.2. The smallest absolute Gasteiger partial charge is 0.194 e. The first-order chi connectivity index (χ1) is 13.7. The van der Waals surface area contributed by atoms with E-state index in [-0.39, 0.29) is 36.4 Å². The number of aliphatic imine (C=N–C) groups is 1. The second-order valence-corrected chi connectivity index (χ2v) is 6.93. The molecule has 1 aliphatic rings. The second-order valence-electron chi connectivity index (χ2n) is 6.93. The van der Waals surface area contributed by atoms with Crippen molar-refractivity contribution < 1.29 is 18.6 Å². The molecule has 0 radical (unpaired) electrons. The Hall–Kier alpha value is -0.970. The molecule has 0 atom stereocenters. The van der Waals surface area contributed by atoms with Crippen LogP contribution in [0.3, 0.4) is 0 Å². The number of guanidine groups is 1. The molecule has 1 aromatic carbocycles. The van der Waals surface area contributed by atoms with Gasteiger partial charge in [-0.1, -0.05) is 6.07 Å². The molecule has 1 saturated heterocycles. The van der Waals surface area contributed by atoms with E-state index in [9.17, 15) is 4.39 Å². The third-order valence-corrected chi connectivity index (χ3v) is 4.74. The number of hydrogen-bond acceptors (Lipinski definition) is 4. The fourth-order valence-electron chi connectivity index (χ4n) is 3.27. The van der Waals surface area contributed by atoms with Crippen molar-refractivity contribution in [3.8, 4) is 0 Å². The van der Waals surface area contributed by atoms with Gasteiger partial charge in [0.2, 0.25) is 0 Å². The van der Waals surface area contributed by atoms with Crippen LogP contribution < -0.4 is 5.32 Å². The van der Waals surface area contributed by atoms with Crippen LogP contribution in [0.15, 0.2) is 23.2 Å². The topological polar surface area (TPSA) is 55.3 Å².